The van der Waals surface area contributed by atoms with Crippen molar-refractivity contribution in [2.75, 3.05) is 24.7 Å². The largest absolute Gasteiger partial charge is 0.387 e. The van der Waals surface area contributed by atoms with Crippen LogP contribution in [0.4, 0.5) is 10.2 Å². The number of nitrogens with zero attached hydrogens (tertiary/aromatic N) is 3. The lowest BCUT2D eigenvalue weighted by Crippen LogP contribution is -2.46. The number of halogens is 1. The first kappa shape index (κ1) is 13.5. The number of rotatable bonds is 2. The first-order valence-corrected chi connectivity index (χ1v) is 7.44. The standard InChI is InChI=1S/C16H17FN4O/c17-10-16(22)4-7-21(8-5-16)14-2-1-11-12-9-18-6-3-13(12)19-15(11)20-14/h1-3,6,9,22H,4-5,7-8,10H2,(H,19,20). The predicted octanol–water partition coefficient (Wildman–Crippen LogP) is 2.41. The Hall–Kier alpha value is -2.21. The topological polar surface area (TPSA) is 65.0 Å². The minimum absolute atomic E-state index is 0.430. The van der Waals surface area contributed by atoms with Gasteiger partial charge >= 0.3 is 0 Å². The molecule has 0 unspecified atom stereocenters. The van der Waals surface area contributed by atoms with Gasteiger partial charge < -0.3 is 15.0 Å². The number of fused-ring (bicyclic) bond motifs is 3. The molecule has 5 nitrogen and oxygen atoms in total. The molecule has 114 valence electrons. The lowest BCUT2D eigenvalue weighted by Gasteiger charge is -2.37. The summed E-state index contributed by atoms with van der Waals surface area (Å²) in [5, 5.41) is 12.1. The minimum atomic E-state index is -1.16. The molecule has 0 amide bonds. The summed E-state index contributed by atoms with van der Waals surface area (Å²) in [5.41, 5.74) is 0.680. The van der Waals surface area contributed by atoms with E-state index in [0.29, 0.717) is 25.9 Å². The van der Waals surface area contributed by atoms with E-state index in [4.69, 9.17) is 0 Å². The van der Waals surface area contributed by atoms with Crippen LogP contribution in [-0.4, -0.2) is 45.4 Å². The van der Waals surface area contributed by atoms with Crippen LogP contribution < -0.4 is 4.90 Å². The van der Waals surface area contributed by atoms with Crippen molar-refractivity contribution in [3.63, 3.8) is 0 Å². The van der Waals surface area contributed by atoms with Crippen LogP contribution in [0.15, 0.2) is 30.6 Å². The molecule has 1 fully saturated rings. The second-order valence-corrected chi connectivity index (χ2v) is 5.96. The van der Waals surface area contributed by atoms with E-state index in [0.717, 1.165) is 27.8 Å². The Morgan fingerprint density at radius 1 is 1.23 bits per heavy atom. The third kappa shape index (κ3) is 2.11. The minimum Gasteiger partial charge on any atom is -0.387 e. The molecule has 0 spiro atoms. The fourth-order valence-electron chi connectivity index (χ4n) is 3.07. The maximum Gasteiger partial charge on any atom is 0.140 e. The van der Waals surface area contributed by atoms with Crippen LogP contribution in [-0.2, 0) is 0 Å². The van der Waals surface area contributed by atoms with Gasteiger partial charge in [0.1, 0.15) is 18.1 Å². The van der Waals surface area contributed by atoms with Crippen LogP contribution in [0.5, 0.6) is 0 Å². The van der Waals surface area contributed by atoms with Crippen molar-refractivity contribution >= 4 is 27.8 Å². The van der Waals surface area contributed by atoms with Gasteiger partial charge in [-0.25, -0.2) is 9.37 Å². The summed E-state index contributed by atoms with van der Waals surface area (Å²) in [4.78, 5) is 14.2. The molecule has 1 saturated heterocycles. The van der Waals surface area contributed by atoms with E-state index >= 15 is 0 Å². The van der Waals surface area contributed by atoms with Crippen molar-refractivity contribution in [3.05, 3.63) is 30.6 Å². The molecule has 0 atom stereocenters. The summed E-state index contributed by atoms with van der Waals surface area (Å²) < 4.78 is 12.8. The summed E-state index contributed by atoms with van der Waals surface area (Å²) in [6, 6.07) is 5.94. The van der Waals surface area contributed by atoms with Gasteiger partial charge in [-0.05, 0) is 31.0 Å². The van der Waals surface area contributed by atoms with Crippen LogP contribution in [0.1, 0.15) is 12.8 Å². The van der Waals surface area contributed by atoms with E-state index in [1.807, 2.05) is 24.4 Å². The highest BCUT2D eigenvalue weighted by molar-refractivity contribution is 6.05. The Bertz CT molecular complexity index is 823. The van der Waals surface area contributed by atoms with Crippen molar-refractivity contribution in [1.29, 1.82) is 0 Å². The monoisotopic (exact) mass is 300 g/mol. The number of aromatic nitrogens is 3. The third-order valence-electron chi connectivity index (χ3n) is 4.51. The fraction of sp³-hybridized carbons (Fsp3) is 0.375. The third-order valence-corrected chi connectivity index (χ3v) is 4.51. The summed E-state index contributed by atoms with van der Waals surface area (Å²) in [7, 11) is 0. The van der Waals surface area contributed by atoms with Gasteiger partial charge in [0, 0.05) is 36.3 Å². The number of hydrogen-bond donors (Lipinski definition) is 2. The number of nitrogens with one attached hydrogen (secondary N) is 1. The van der Waals surface area contributed by atoms with Crippen LogP contribution >= 0.6 is 0 Å². The van der Waals surface area contributed by atoms with Gasteiger partial charge in [0.25, 0.3) is 0 Å². The number of aliphatic hydroxyl groups is 1. The Morgan fingerprint density at radius 2 is 2.05 bits per heavy atom. The van der Waals surface area contributed by atoms with Gasteiger partial charge in [-0.15, -0.1) is 0 Å². The second kappa shape index (κ2) is 4.91. The van der Waals surface area contributed by atoms with E-state index < -0.39 is 12.3 Å². The Kier molecular flexibility index (Phi) is 3.00. The van der Waals surface area contributed by atoms with E-state index in [1.165, 1.54) is 0 Å². The first-order valence-electron chi connectivity index (χ1n) is 7.44. The zero-order valence-electron chi connectivity index (χ0n) is 12.1. The number of pyridine rings is 2. The highest BCUT2D eigenvalue weighted by atomic mass is 19.1. The van der Waals surface area contributed by atoms with Gasteiger partial charge in [0.05, 0.1) is 11.1 Å². The van der Waals surface area contributed by atoms with Crippen molar-refractivity contribution < 1.29 is 9.50 Å². The molecule has 6 heteroatoms. The molecule has 0 aromatic carbocycles. The molecule has 0 radical (unpaired) electrons. The Morgan fingerprint density at radius 3 is 2.82 bits per heavy atom. The number of H-pyrrole nitrogens is 1. The van der Waals surface area contributed by atoms with E-state index in [9.17, 15) is 9.50 Å². The summed E-state index contributed by atoms with van der Waals surface area (Å²) in [6.07, 6.45) is 4.44. The quantitative estimate of drug-likeness (QED) is 0.763. The molecule has 22 heavy (non-hydrogen) atoms. The van der Waals surface area contributed by atoms with E-state index in [-0.39, 0.29) is 0 Å². The summed E-state index contributed by atoms with van der Waals surface area (Å²) in [6.45, 7) is 0.545. The first-order chi connectivity index (χ1) is 10.7. The van der Waals surface area contributed by atoms with Gasteiger partial charge in [-0.2, -0.15) is 0 Å². The SMILES string of the molecule is OC1(CF)CCN(c2ccc3c(n2)[nH]c2ccncc23)CC1. The summed E-state index contributed by atoms with van der Waals surface area (Å²) in [5.74, 6) is 0.855. The van der Waals surface area contributed by atoms with Crippen LogP contribution in [0.25, 0.3) is 21.9 Å². The average molecular weight is 300 g/mol. The van der Waals surface area contributed by atoms with Crippen molar-refractivity contribution in [2.24, 2.45) is 0 Å². The van der Waals surface area contributed by atoms with Gasteiger partial charge in [-0.3, -0.25) is 4.98 Å². The summed E-state index contributed by atoms with van der Waals surface area (Å²) >= 11 is 0. The number of hydrogen-bond acceptors (Lipinski definition) is 4. The van der Waals surface area contributed by atoms with E-state index in [2.05, 4.69) is 19.9 Å². The van der Waals surface area contributed by atoms with Crippen LogP contribution in [0.3, 0.4) is 0 Å². The lowest BCUT2D eigenvalue weighted by atomic mass is 9.93. The molecule has 4 heterocycles. The van der Waals surface area contributed by atoms with Crippen molar-refractivity contribution in [2.45, 2.75) is 18.4 Å². The highest BCUT2D eigenvalue weighted by Gasteiger charge is 2.32. The molecule has 0 saturated carbocycles. The van der Waals surface area contributed by atoms with Crippen LogP contribution in [0, 0.1) is 0 Å². The van der Waals surface area contributed by atoms with Gasteiger partial charge in [0.2, 0.25) is 0 Å². The van der Waals surface area contributed by atoms with Crippen molar-refractivity contribution in [1.82, 2.24) is 15.0 Å². The lowest BCUT2D eigenvalue weighted by molar-refractivity contribution is -0.00612. The number of anilines is 1. The Labute approximate surface area is 126 Å². The predicted molar refractivity (Wildman–Crippen MR) is 83.8 cm³/mol. The molecule has 1 aliphatic rings. The Balaban J connectivity index is 1.67. The molecule has 0 bridgehead atoms. The zero-order valence-corrected chi connectivity index (χ0v) is 12.1. The highest BCUT2D eigenvalue weighted by Crippen LogP contribution is 2.29. The molecule has 2 N–H and O–H groups in total. The maximum absolute atomic E-state index is 12.8. The molecule has 3 aromatic heterocycles. The smallest absolute Gasteiger partial charge is 0.140 e. The van der Waals surface area contributed by atoms with Crippen LogP contribution in [0.2, 0.25) is 0 Å². The average Bonchev–Trinajstić information content (AvgIpc) is 2.93. The number of aromatic amines is 1. The molecular weight excluding hydrogens is 283 g/mol. The van der Waals surface area contributed by atoms with Gasteiger partial charge in [-0.1, -0.05) is 0 Å². The number of piperidine rings is 1. The molecule has 0 aliphatic carbocycles. The normalized spacial score (nSPS) is 18.2. The molecule has 3 aromatic rings. The number of alkyl halides is 1. The fourth-order valence-corrected chi connectivity index (χ4v) is 3.07. The second-order valence-electron chi connectivity index (χ2n) is 5.96. The van der Waals surface area contributed by atoms with Gasteiger partial charge in [0.15, 0.2) is 0 Å². The molecule has 1 aliphatic heterocycles. The zero-order chi connectivity index (χ0) is 15.2. The molecule has 4 rings (SSSR count). The maximum atomic E-state index is 12.8. The van der Waals surface area contributed by atoms with Crippen molar-refractivity contribution in [3.8, 4) is 0 Å². The van der Waals surface area contributed by atoms with E-state index in [1.54, 1.807) is 6.20 Å². The molecular formula is C16H17FN4O.